The Labute approximate surface area is 194 Å². The minimum Gasteiger partial charge on any atom is -0.479 e. The minimum atomic E-state index is -1.19. The Morgan fingerprint density at radius 2 is 1.76 bits per heavy atom. The number of benzene rings is 1. The number of carbonyl (C=O) groups is 2. The summed E-state index contributed by atoms with van der Waals surface area (Å²) in [5, 5.41) is 9.65. The quantitative estimate of drug-likeness (QED) is 0.646. The predicted molar refractivity (Wildman–Crippen MR) is 124 cm³/mol. The molecule has 0 bridgehead atoms. The molecule has 0 spiro atoms. The number of carboxylic acids is 1. The molecule has 1 atom stereocenters. The summed E-state index contributed by atoms with van der Waals surface area (Å²) in [6, 6.07) is 9.96. The van der Waals surface area contributed by atoms with E-state index < -0.39 is 11.6 Å². The number of ether oxygens (including phenoxy) is 1. The Morgan fingerprint density at radius 3 is 2.39 bits per heavy atom. The summed E-state index contributed by atoms with van der Waals surface area (Å²) in [5.74, 6) is -0.194. The van der Waals surface area contributed by atoms with Gasteiger partial charge in [0.2, 0.25) is 5.91 Å². The Bertz CT molecular complexity index is 947. The van der Waals surface area contributed by atoms with E-state index in [4.69, 9.17) is 4.74 Å². The van der Waals surface area contributed by atoms with Gasteiger partial charge in [0.15, 0.2) is 11.4 Å². The van der Waals surface area contributed by atoms with E-state index in [0.717, 1.165) is 30.8 Å². The van der Waals surface area contributed by atoms with Gasteiger partial charge in [-0.05, 0) is 36.8 Å². The maximum atomic E-state index is 12.9. The van der Waals surface area contributed by atoms with Crippen LogP contribution in [0.2, 0.25) is 0 Å². The van der Waals surface area contributed by atoms with E-state index >= 15 is 0 Å². The SMILES string of the molecule is CCCOC1(C(=O)O)CCN(CC(=O)N2CCN(c3ccc(-c4ncccn4)cc3)CC2)C1. The number of piperazine rings is 1. The Kier molecular flexibility index (Phi) is 7.20. The molecule has 2 aliphatic heterocycles. The van der Waals surface area contributed by atoms with Crippen LogP contribution in [0.15, 0.2) is 42.7 Å². The lowest BCUT2D eigenvalue weighted by Gasteiger charge is -2.37. The van der Waals surface area contributed by atoms with E-state index in [1.165, 1.54) is 0 Å². The molecule has 9 heteroatoms. The zero-order chi connectivity index (χ0) is 23.3. The van der Waals surface area contributed by atoms with Gasteiger partial charge in [-0.2, -0.15) is 0 Å². The molecule has 33 heavy (non-hydrogen) atoms. The summed E-state index contributed by atoms with van der Waals surface area (Å²) in [5.41, 5.74) is 0.895. The van der Waals surface area contributed by atoms with Crippen LogP contribution < -0.4 is 4.90 Å². The Balaban J connectivity index is 1.27. The minimum absolute atomic E-state index is 0.0444. The largest absolute Gasteiger partial charge is 0.479 e. The molecule has 4 rings (SSSR count). The van der Waals surface area contributed by atoms with Gasteiger partial charge in [-0.1, -0.05) is 6.92 Å². The van der Waals surface area contributed by atoms with Crippen LogP contribution in [0.3, 0.4) is 0 Å². The average Bonchev–Trinajstić information content (AvgIpc) is 3.27. The van der Waals surface area contributed by atoms with Gasteiger partial charge in [0.1, 0.15) is 0 Å². The summed E-state index contributed by atoms with van der Waals surface area (Å²) in [6.45, 7) is 6.21. The molecule has 3 heterocycles. The Hall–Kier alpha value is -3.04. The van der Waals surface area contributed by atoms with Crippen LogP contribution in [-0.4, -0.2) is 94.8 Å². The van der Waals surface area contributed by atoms with Gasteiger partial charge in [-0.3, -0.25) is 9.69 Å². The molecule has 0 radical (unpaired) electrons. The third kappa shape index (κ3) is 5.31. The van der Waals surface area contributed by atoms with Crippen molar-refractivity contribution in [1.82, 2.24) is 19.8 Å². The van der Waals surface area contributed by atoms with Crippen molar-refractivity contribution >= 4 is 17.6 Å². The molecular formula is C24H31N5O4. The number of nitrogens with zero attached hydrogens (tertiary/aromatic N) is 5. The summed E-state index contributed by atoms with van der Waals surface area (Å²) in [6.07, 6.45) is 4.64. The van der Waals surface area contributed by atoms with Crippen molar-refractivity contribution < 1.29 is 19.4 Å². The molecule has 1 unspecified atom stereocenters. The molecule has 1 aromatic heterocycles. The van der Waals surface area contributed by atoms with E-state index in [1.807, 2.05) is 28.9 Å². The maximum absolute atomic E-state index is 12.9. The van der Waals surface area contributed by atoms with Crippen molar-refractivity contribution in [3.8, 4) is 11.4 Å². The van der Waals surface area contributed by atoms with Gasteiger partial charge < -0.3 is 19.6 Å². The summed E-state index contributed by atoms with van der Waals surface area (Å²) in [4.78, 5) is 39.2. The lowest BCUT2D eigenvalue weighted by Crippen LogP contribution is -2.51. The van der Waals surface area contributed by atoms with E-state index in [1.54, 1.807) is 18.5 Å². The standard InChI is InChI=1S/C24H31N5O4/c1-2-16-33-24(23(31)32)8-11-27(18-24)17-21(30)29-14-12-28(13-15-29)20-6-4-19(5-7-20)22-25-9-3-10-26-22/h3-7,9-10H,2,8,11-18H2,1H3,(H,31,32). The van der Waals surface area contributed by atoms with Gasteiger partial charge >= 0.3 is 5.97 Å². The number of anilines is 1. The van der Waals surface area contributed by atoms with Crippen LogP contribution in [0.5, 0.6) is 0 Å². The van der Waals surface area contributed by atoms with E-state index in [9.17, 15) is 14.7 Å². The van der Waals surface area contributed by atoms with Crippen LogP contribution in [0.1, 0.15) is 19.8 Å². The van der Waals surface area contributed by atoms with Crippen molar-refractivity contribution in [1.29, 1.82) is 0 Å². The van der Waals surface area contributed by atoms with Crippen LogP contribution in [0, 0.1) is 0 Å². The highest BCUT2D eigenvalue weighted by Gasteiger charge is 2.46. The highest BCUT2D eigenvalue weighted by atomic mass is 16.5. The fraction of sp³-hybridized carbons (Fsp3) is 0.500. The first-order valence-corrected chi connectivity index (χ1v) is 11.5. The molecule has 1 aromatic carbocycles. The number of amides is 1. The molecule has 0 saturated carbocycles. The van der Waals surface area contributed by atoms with Crippen molar-refractivity contribution in [2.24, 2.45) is 0 Å². The third-order valence-electron chi connectivity index (χ3n) is 6.33. The second kappa shape index (κ2) is 10.3. The van der Waals surface area contributed by atoms with Crippen molar-refractivity contribution in [3.05, 3.63) is 42.7 Å². The van der Waals surface area contributed by atoms with E-state index in [-0.39, 0.29) is 19.0 Å². The molecule has 2 fully saturated rings. The molecule has 9 nitrogen and oxygen atoms in total. The number of likely N-dealkylation sites (tertiary alicyclic amines) is 1. The second-order valence-corrected chi connectivity index (χ2v) is 8.60. The zero-order valence-electron chi connectivity index (χ0n) is 19.0. The molecule has 2 aliphatic rings. The summed E-state index contributed by atoms with van der Waals surface area (Å²) >= 11 is 0. The van der Waals surface area contributed by atoms with Gasteiger partial charge in [0.25, 0.3) is 0 Å². The number of aromatic nitrogens is 2. The van der Waals surface area contributed by atoms with Crippen molar-refractivity contribution in [2.45, 2.75) is 25.4 Å². The first-order valence-electron chi connectivity index (χ1n) is 11.5. The molecule has 176 valence electrons. The van der Waals surface area contributed by atoms with Crippen LogP contribution in [0.4, 0.5) is 5.69 Å². The van der Waals surface area contributed by atoms with Crippen molar-refractivity contribution in [2.75, 3.05) is 57.3 Å². The maximum Gasteiger partial charge on any atom is 0.337 e. The van der Waals surface area contributed by atoms with Gasteiger partial charge in [-0.25, -0.2) is 14.8 Å². The van der Waals surface area contributed by atoms with Gasteiger partial charge in [0, 0.05) is 75.9 Å². The fourth-order valence-corrected chi connectivity index (χ4v) is 4.42. The highest BCUT2D eigenvalue weighted by Crippen LogP contribution is 2.27. The lowest BCUT2D eigenvalue weighted by molar-refractivity contribution is -0.164. The second-order valence-electron chi connectivity index (χ2n) is 8.60. The smallest absolute Gasteiger partial charge is 0.337 e. The van der Waals surface area contributed by atoms with Crippen molar-refractivity contribution in [3.63, 3.8) is 0 Å². The number of carboxylic acid groups (broad SMARTS) is 1. The lowest BCUT2D eigenvalue weighted by atomic mass is 10.0. The summed E-state index contributed by atoms with van der Waals surface area (Å²) < 4.78 is 5.68. The zero-order valence-corrected chi connectivity index (χ0v) is 19.0. The number of aliphatic carboxylic acids is 1. The molecule has 0 aliphatic carbocycles. The molecule has 2 aromatic rings. The number of hydrogen-bond acceptors (Lipinski definition) is 7. The summed E-state index contributed by atoms with van der Waals surface area (Å²) in [7, 11) is 0. The van der Waals surface area contributed by atoms with Gasteiger partial charge in [0.05, 0.1) is 6.54 Å². The normalized spacial score (nSPS) is 21.4. The number of hydrogen-bond donors (Lipinski definition) is 1. The first-order chi connectivity index (χ1) is 16.0. The number of rotatable bonds is 8. The van der Waals surface area contributed by atoms with Crippen LogP contribution in [0.25, 0.3) is 11.4 Å². The Morgan fingerprint density at radius 1 is 1.06 bits per heavy atom. The van der Waals surface area contributed by atoms with Gasteiger partial charge in [-0.15, -0.1) is 0 Å². The van der Waals surface area contributed by atoms with E-state index in [0.29, 0.717) is 38.5 Å². The fourth-order valence-electron chi connectivity index (χ4n) is 4.42. The predicted octanol–water partition coefficient (Wildman–Crippen LogP) is 1.75. The van der Waals surface area contributed by atoms with Crippen LogP contribution in [-0.2, 0) is 14.3 Å². The monoisotopic (exact) mass is 453 g/mol. The first kappa shape index (κ1) is 23.1. The molecular weight excluding hydrogens is 422 g/mol. The molecule has 1 N–H and O–H groups in total. The molecule has 2 saturated heterocycles. The highest BCUT2D eigenvalue weighted by molar-refractivity contribution is 5.80. The topological polar surface area (TPSA) is 99.1 Å². The average molecular weight is 454 g/mol. The number of carbonyl (C=O) groups excluding carboxylic acids is 1. The third-order valence-corrected chi connectivity index (χ3v) is 6.33. The van der Waals surface area contributed by atoms with Crippen LogP contribution >= 0.6 is 0 Å². The van der Waals surface area contributed by atoms with E-state index in [2.05, 4.69) is 27.0 Å². The molecule has 1 amide bonds.